The third kappa shape index (κ3) is 4.60. The predicted molar refractivity (Wildman–Crippen MR) is 52.9 cm³/mol. The second-order valence-electron chi connectivity index (χ2n) is 3.78. The van der Waals surface area contributed by atoms with Gasteiger partial charge in [0, 0.05) is 13.7 Å². The minimum atomic E-state index is 0.236. The van der Waals surface area contributed by atoms with Crippen LogP contribution in [-0.4, -0.2) is 39.5 Å². The second kappa shape index (κ2) is 6.35. The van der Waals surface area contributed by atoms with E-state index < -0.39 is 0 Å². The third-order valence-corrected chi connectivity index (χ3v) is 2.49. The maximum Gasteiger partial charge on any atom is 0.0780 e. The van der Waals surface area contributed by atoms with Crippen LogP contribution < -0.4 is 5.32 Å². The van der Waals surface area contributed by atoms with Crippen LogP contribution in [0.5, 0.6) is 0 Å². The zero-order chi connectivity index (χ0) is 9.52. The van der Waals surface area contributed by atoms with Gasteiger partial charge in [-0.15, -0.1) is 0 Å². The normalized spacial score (nSPS) is 24.9. The van der Waals surface area contributed by atoms with E-state index in [2.05, 4.69) is 12.2 Å². The first-order chi connectivity index (χ1) is 6.33. The van der Waals surface area contributed by atoms with Gasteiger partial charge in [0.2, 0.25) is 0 Å². The highest BCUT2D eigenvalue weighted by molar-refractivity contribution is 4.70. The van der Waals surface area contributed by atoms with Crippen molar-refractivity contribution < 1.29 is 9.47 Å². The first-order valence-electron chi connectivity index (χ1n) is 5.14. The van der Waals surface area contributed by atoms with Crippen LogP contribution in [0, 0.1) is 5.92 Å². The smallest absolute Gasteiger partial charge is 0.0780 e. The molecule has 0 aromatic carbocycles. The maximum atomic E-state index is 5.59. The van der Waals surface area contributed by atoms with E-state index in [1.54, 1.807) is 7.11 Å². The van der Waals surface area contributed by atoms with Gasteiger partial charge in [0.25, 0.3) is 0 Å². The third-order valence-electron chi connectivity index (χ3n) is 2.49. The Morgan fingerprint density at radius 3 is 3.00 bits per heavy atom. The Morgan fingerprint density at radius 1 is 1.54 bits per heavy atom. The van der Waals surface area contributed by atoms with Crippen molar-refractivity contribution in [1.82, 2.24) is 5.32 Å². The summed E-state index contributed by atoms with van der Waals surface area (Å²) in [5, 5.41) is 3.36. The van der Waals surface area contributed by atoms with E-state index in [4.69, 9.17) is 9.47 Å². The minimum absolute atomic E-state index is 0.236. The quantitative estimate of drug-likeness (QED) is 0.674. The van der Waals surface area contributed by atoms with E-state index in [0.717, 1.165) is 12.5 Å². The molecule has 1 saturated heterocycles. The van der Waals surface area contributed by atoms with Gasteiger partial charge in [-0.3, -0.25) is 0 Å². The van der Waals surface area contributed by atoms with Crippen LogP contribution in [-0.2, 0) is 9.47 Å². The highest BCUT2D eigenvalue weighted by atomic mass is 16.5. The Hall–Kier alpha value is -0.120. The average Bonchev–Trinajstić information content (AvgIpc) is 2.57. The highest BCUT2D eigenvalue weighted by Gasteiger charge is 2.14. The predicted octanol–water partition coefficient (Wildman–Crippen LogP) is 1.04. The molecule has 2 atom stereocenters. The van der Waals surface area contributed by atoms with E-state index >= 15 is 0 Å². The molecule has 1 aliphatic heterocycles. The molecule has 0 spiro atoms. The number of methoxy groups -OCH3 is 1. The largest absolute Gasteiger partial charge is 0.382 e. The molecule has 1 aliphatic rings. The van der Waals surface area contributed by atoms with Crippen LogP contribution in [0.25, 0.3) is 0 Å². The highest BCUT2D eigenvalue weighted by Crippen LogP contribution is 2.12. The molecule has 0 aromatic heterocycles. The molecule has 0 aromatic rings. The Labute approximate surface area is 80.8 Å². The van der Waals surface area contributed by atoms with Crippen LogP contribution in [0.4, 0.5) is 0 Å². The molecule has 0 amide bonds. The van der Waals surface area contributed by atoms with Crippen LogP contribution in [0.1, 0.15) is 19.8 Å². The maximum absolute atomic E-state index is 5.59. The summed E-state index contributed by atoms with van der Waals surface area (Å²) >= 11 is 0. The summed E-state index contributed by atoms with van der Waals surface area (Å²) in [5.74, 6) is 0.828. The number of rotatable bonds is 6. The summed E-state index contributed by atoms with van der Waals surface area (Å²) in [4.78, 5) is 0. The van der Waals surface area contributed by atoms with Crippen molar-refractivity contribution in [2.75, 3.05) is 33.4 Å². The Morgan fingerprint density at radius 2 is 2.38 bits per heavy atom. The van der Waals surface area contributed by atoms with Crippen molar-refractivity contribution in [3.05, 3.63) is 0 Å². The van der Waals surface area contributed by atoms with Crippen molar-refractivity contribution in [3.63, 3.8) is 0 Å². The fraction of sp³-hybridized carbons (Fsp3) is 1.00. The zero-order valence-electron chi connectivity index (χ0n) is 8.71. The van der Waals surface area contributed by atoms with Crippen molar-refractivity contribution in [1.29, 1.82) is 0 Å². The minimum Gasteiger partial charge on any atom is -0.382 e. The molecule has 13 heavy (non-hydrogen) atoms. The summed E-state index contributed by atoms with van der Waals surface area (Å²) in [6.45, 7) is 5.97. The molecule has 0 radical (unpaired) electrons. The van der Waals surface area contributed by atoms with Crippen LogP contribution in [0.15, 0.2) is 0 Å². The zero-order valence-corrected chi connectivity index (χ0v) is 8.71. The Kier molecular flexibility index (Phi) is 5.35. The topological polar surface area (TPSA) is 30.5 Å². The van der Waals surface area contributed by atoms with E-state index in [1.165, 1.54) is 25.9 Å². The molecule has 1 rings (SSSR count). The van der Waals surface area contributed by atoms with Crippen LogP contribution in [0.3, 0.4) is 0 Å². The van der Waals surface area contributed by atoms with Gasteiger partial charge in [0.1, 0.15) is 0 Å². The molecule has 1 N–H and O–H groups in total. The number of hydrogen-bond donors (Lipinski definition) is 1. The molecular weight excluding hydrogens is 166 g/mol. The first kappa shape index (κ1) is 11.0. The monoisotopic (exact) mass is 187 g/mol. The van der Waals surface area contributed by atoms with E-state index in [9.17, 15) is 0 Å². The first-order valence-corrected chi connectivity index (χ1v) is 5.14. The fourth-order valence-electron chi connectivity index (χ4n) is 1.68. The lowest BCUT2D eigenvalue weighted by Crippen LogP contribution is -2.17. The van der Waals surface area contributed by atoms with Crippen molar-refractivity contribution in [2.45, 2.75) is 25.9 Å². The van der Waals surface area contributed by atoms with Gasteiger partial charge in [-0.25, -0.2) is 0 Å². The standard InChI is InChI=1S/C10H21NO2/c1-9(8-12-2)13-6-4-10-3-5-11-7-10/h9-11H,3-8H2,1-2H3. The second-order valence-corrected chi connectivity index (χ2v) is 3.78. The molecule has 0 bridgehead atoms. The van der Waals surface area contributed by atoms with Crippen molar-refractivity contribution in [2.24, 2.45) is 5.92 Å². The van der Waals surface area contributed by atoms with Gasteiger partial charge in [0.05, 0.1) is 12.7 Å². The van der Waals surface area contributed by atoms with Gasteiger partial charge in [-0.1, -0.05) is 0 Å². The molecule has 0 saturated carbocycles. The van der Waals surface area contributed by atoms with Gasteiger partial charge in [-0.2, -0.15) is 0 Å². The summed E-state index contributed by atoms with van der Waals surface area (Å²) in [6, 6.07) is 0. The van der Waals surface area contributed by atoms with Gasteiger partial charge in [0.15, 0.2) is 0 Å². The number of hydrogen-bond acceptors (Lipinski definition) is 3. The van der Waals surface area contributed by atoms with Crippen molar-refractivity contribution in [3.8, 4) is 0 Å². The fourth-order valence-corrected chi connectivity index (χ4v) is 1.68. The number of nitrogens with one attached hydrogen (secondary N) is 1. The summed E-state index contributed by atoms with van der Waals surface area (Å²) in [5.41, 5.74) is 0. The van der Waals surface area contributed by atoms with E-state index in [-0.39, 0.29) is 6.10 Å². The Bertz CT molecular complexity index is 124. The molecule has 78 valence electrons. The SMILES string of the molecule is COCC(C)OCCC1CCNC1. The molecule has 1 fully saturated rings. The number of ether oxygens (including phenoxy) is 2. The summed E-state index contributed by atoms with van der Waals surface area (Å²) in [6.07, 6.45) is 2.72. The molecule has 3 heteroatoms. The lowest BCUT2D eigenvalue weighted by Gasteiger charge is -2.13. The molecular formula is C10H21NO2. The Balaban J connectivity index is 1.93. The molecule has 0 aliphatic carbocycles. The van der Waals surface area contributed by atoms with Crippen LogP contribution >= 0.6 is 0 Å². The molecule has 3 nitrogen and oxygen atoms in total. The van der Waals surface area contributed by atoms with E-state index in [0.29, 0.717) is 6.61 Å². The van der Waals surface area contributed by atoms with Gasteiger partial charge >= 0.3 is 0 Å². The van der Waals surface area contributed by atoms with Crippen LogP contribution in [0.2, 0.25) is 0 Å². The van der Waals surface area contributed by atoms with Gasteiger partial charge in [-0.05, 0) is 38.8 Å². The van der Waals surface area contributed by atoms with Gasteiger partial charge < -0.3 is 14.8 Å². The average molecular weight is 187 g/mol. The molecule has 1 heterocycles. The van der Waals surface area contributed by atoms with Crippen molar-refractivity contribution >= 4 is 0 Å². The summed E-state index contributed by atoms with van der Waals surface area (Å²) < 4.78 is 10.6. The summed E-state index contributed by atoms with van der Waals surface area (Å²) in [7, 11) is 1.71. The lowest BCUT2D eigenvalue weighted by atomic mass is 10.1. The van der Waals surface area contributed by atoms with E-state index in [1.807, 2.05) is 0 Å². The lowest BCUT2D eigenvalue weighted by molar-refractivity contribution is 0.00461. The molecule has 2 unspecified atom stereocenters.